The molecule has 0 aliphatic carbocycles. The molecule has 0 atom stereocenters. The molecular formula is C17H20FN5O2. The van der Waals surface area contributed by atoms with Crippen molar-refractivity contribution in [2.24, 2.45) is 7.05 Å². The zero-order valence-electron chi connectivity index (χ0n) is 14.4. The van der Waals surface area contributed by atoms with Crippen LogP contribution >= 0.6 is 0 Å². The molecule has 3 aromatic rings. The highest BCUT2D eigenvalue weighted by molar-refractivity contribution is 5.93. The molecule has 0 saturated heterocycles. The topological polar surface area (TPSA) is 77.1 Å². The van der Waals surface area contributed by atoms with E-state index in [0.29, 0.717) is 29.4 Å². The number of aliphatic hydroxyl groups is 1. The van der Waals surface area contributed by atoms with Crippen molar-refractivity contribution < 1.29 is 14.2 Å². The number of benzene rings is 1. The van der Waals surface area contributed by atoms with Crippen molar-refractivity contribution >= 4 is 22.4 Å². The SMILES string of the molecule is Cn1nc(Nc2cnn3c2OCCC3)c2cc(F)c(C(C)(C)O)cc21. The summed E-state index contributed by atoms with van der Waals surface area (Å²) in [7, 11) is 1.78. The van der Waals surface area contributed by atoms with Crippen LogP contribution in [0.1, 0.15) is 25.8 Å². The van der Waals surface area contributed by atoms with Crippen LogP contribution in [0.2, 0.25) is 0 Å². The smallest absolute Gasteiger partial charge is 0.236 e. The summed E-state index contributed by atoms with van der Waals surface area (Å²) in [5, 5.41) is 22.7. The van der Waals surface area contributed by atoms with Crippen LogP contribution in [0.25, 0.3) is 10.9 Å². The van der Waals surface area contributed by atoms with Gasteiger partial charge in [-0.15, -0.1) is 0 Å². The standard InChI is InChI=1S/C17H20FN5O2/c1-17(2,24)11-8-14-10(7-12(11)18)15(21-22(14)3)20-13-9-19-23-5-4-6-25-16(13)23/h7-9,24H,4-6H2,1-3H3,(H,20,21). The summed E-state index contributed by atoms with van der Waals surface area (Å²) in [4.78, 5) is 0. The van der Waals surface area contributed by atoms with Crippen LogP contribution in [0.15, 0.2) is 18.3 Å². The van der Waals surface area contributed by atoms with Gasteiger partial charge in [-0.05, 0) is 26.0 Å². The molecule has 132 valence electrons. The number of nitrogens with zero attached hydrogens (tertiary/aromatic N) is 4. The Morgan fingerprint density at radius 2 is 2.16 bits per heavy atom. The zero-order valence-corrected chi connectivity index (χ0v) is 14.4. The van der Waals surface area contributed by atoms with Gasteiger partial charge in [-0.2, -0.15) is 10.2 Å². The van der Waals surface area contributed by atoms with E-state index in [-0.39, 0.29) is 5.56 Å². The second kappa shape index (κ2) is 5.45. The van der Waals surface area contributed by atoms with Gasteiger partial charge in [0, 0.05) is 31.0 Å². The predicted molar refractivity (Wildman–Crippen MR) is 91.5 cm³/mol. The molecule has 8 heteroatoms. The average Bonchev–Trinajstić information content (AvgIpc) is 3.08. The first-order valence-electron chi connectivity index (χ1n) is 8.19. The third-order valence-electron chi connectivity index (χ3n) is 4.40. The van der Waals surface area contributed by atoms with Gasteiger partial charge in [0.15, 0.2) is 5.82 Å². The summed E-state index contributed by atoms with van der Waals surface area (Å²) in [6.07, 6.45) is 2.61. The van der Waals surface area contributed by atoms with Crippen molar-refractivity contribution in [1.29, 1.82) is 0 Å². The van der Waals surface area contributed by atoms with Gasteiger partial charge in [0.1, 0.15) is 11.5 Å². The fourth-order valence-electron chi connectivity index (χ4n) is 3.12. The van der Waals surface area contributed by atoms with Gasteiger partial charge in [0.05, 0.1) is 23.9 Å². The first-order chi connectivity index (χ1) is 11.8. The third-order valence-corrected chi connectivity index (χ3v) is 4.40. The summed E-state index contributed by atoms with van der Waals surface area (Å²) in [5.41, 5.74) is 0.394. The molecule has 0 saturated carbocycles. The molecule has 3 heterocycles. The highest BCUT2D eigenvalue weighted by Gasteiger charge is 2.24. The molecule has 0 radical (unpaired) electrons. The Morgan fingerprint density at radius 1 is 1.36 bits per heavy atom. The number of hydrogen-bond acceptors (Lipinski definition) is 5. The highest BCUT2D eigenvalue weighted by Crippen LogP contribution is 2.34. The molecule has 7 nitrogen and oxygen atoms in total. The summed E-state index contributed by atoms with van der Waals surface area (Å²) in [6, 6.07) is 3.03. The molecule has 0 fully saturated rings. The minimum absolute atomic E-state index is 0.237. The summed E-state index contributed by atoms with van der Waals surface area (Å²) < 4.78 is 23.6. The van der Waals surface area contributed by atoms with Gasteiger partial charge in [-0.3, -0.25) is 4.68 Å². The molecule has 2 aromatic heterocycles. The fourth-order valence-corrected chi connectivity index (χ4v) is 3.12. The van der Waals surface area contributed by atoms with E-state index in [1.807, 2.05) is 0 Å². The van der Waals surface area contributed by atoms with Gasteiger partial charge in [0.25, 0.3) is 0 Å². The monoisotopic (exact) mass is 345 g/mol. The summed E-state index contributed by atoms with van der Waals surface area (Å²) in [5.74, 6) is 0.714. The quantitative estimate of drug-likeness (QED) is 0.763. The number of aryl methyl sites for hydroxylation is 2. The zero-order chi connectivity index (χ0) is 17.8. The Hall–Kier alpha value is -2.61. The second-order valence-corrected chi connectivity index (χ2v) is 6.79. The Kier molecular flexibility index (Phi) is 3.47. The Morgan fingerprint density at radius 3 is 2.92 bits per heavy atom. The van der Waals surface area contributed by atoms with Gasteiger partial charge in [-0.1, -0.05) is 0 Å². The minimum Gasteiger partial charge on any atom is -0.476 e. The fraction of sp³-hybridized carbons (Fsp3) is 0.412. The number of rotatable bonds is 3. The summed E-state index contributed by atoms with van der Waals surface area (Å²) in [6.45, 7) is 4.57. The van der Waals surface area contributed by atoms with Crippen LogP contribution in [0.3, 0.4) is 0 Å². The van der Waals surface area contributed by atoms with Crippen molar-refractivity contribution in [1.82, 2.24) is 19.6 Å². The maximum Gasteiger partial charge on any atom is 0.236 e. The number of hydrogen-bond donors (Lipinski definition) is 2. The molecular weight excluding hydrogens is 325 g/mol. The largest absolute Gasteiger partial charge is 0.476 e. The van der Waals surface area contributed by atoms with E-state index in [1.54, 1.807) is 42.5 Å². The van der Waals surface area contributed by atoms with Crippen LogP contribution in [0, 0.1) is 5.82 Å². The Bertz CT molecular complexity index is 954. The molecule has 1 aromatic carbocycles. The molecule has 0 unspecified atom stereocenters. The molecule has 0 spiro atoms. The highest BCUT2D eigenvalue weighted by atomic mass is 19.1. The number of anilines is 2. The van der Waals surface area contributed by atoms with Crippen LogP contribution < -0.4 is 10.1 Å². The first-order valence-corrected chi connectivity index (χ1v) is 8.19. The van der Waals surface area contributed by atoms with E-state index < -0.39 is 11.4 Å². The lowest BCUT2D eigenvalue weighted by Gasteiger charge is -2.18. The van der Waals surface area contributed by atoms with Gasteiger partial charge in [0.2, 0.25) is 5.88 Å². The molecule has 2 N–H and O–H groups in total. The van der Waals surface area contributed by atoms with Crippen molar-refractivity contribution in [3.05, 3.63) is 29.7 Å². The molecule has 0 bridgehead atoms. The molecule has 0 amide bonds. The lowest BCUT2D eigenvalue weighted by Crippen LogP contribution is -2.17. The normalized spacial score (nSPS) is 14.4. The lowest BCUT2D eigenvalue weighted by molar-refractivity contribution is 0.0747. The number of aromatic nitrogens is 4. The van der Waals surface area contributed by atoms with Crippen molar-refractivity contribution in [3.63, 3.8) is 0 Å². The van der Waals surface area contributed by atoms with Crippen molar-refractivity contribution in [2.45, 2.75) is 32.4 Å². The minimum atomic E-state index is -1.27. The Balaban J connectivity index is 1.78. The molecule has 1 aliphatic rings. The summed E-state index contributed by atoms with van der Waals surface area (Å²) >= 11 is 0. The third kappa shape index (κ3) is 2.62. The van der Waals surface area contributed by atoms with Gasteiger partial charge in [-0.25, -0.2) is 9.07 Å². The van der Waals surface area contributed by atoms with Crippen LogP contribution in [-0.2, 0) is 19.2 Å². The maximum absolute atomic E-state index is 14.5. The van der Waals surface area contributed by atoms with E-state index in [2.05, 4.69) is 15.5 Å². The number of fused-ring (bicyclic) bond motifs is 2. The van der Waals surface area contributed by atoms with Gasteiger partial charge >= 0.3 is 0 Å². The van der Waals surface area contributed by atoms with E-state index in [0.717, 1.165) is 18.5 Å². The number of nitrogens with one attached hydrogen (secondary N) is 1. The van der Waals surface area contributed by atoms with Crippen molar-refractivity contribution in [3.8, 4) is 5.88 Å². The van der Waals surface area contributed by atoms with E-state index >= 15 is 0 Å². The van der Waals surface area contributed by atoms with E-state index in [1.165, 1.54) is 6.07 Å². The molecule has 1 aliphatic heterocycles. The molecule has 25 heavy (non-hydrogen) atoms. The predicted octanol–water partition coefficient (Wildman–Crippen LogP) is 2.66. The van der Waals surface area contributed by atoms with Gasteiger partial charge < -0.3 is 15.2 Å². The van der Waals surface area contributed by atoms with Crippen LogP contribution in [0.5, 0.6) is 5.88 Å². The van der Waals surface area contributed by atoms with Crippen molar-refractivity contribution in [2.75, 3.05) is 11.9 Å². The Labute approximate surface area is 144 Å². The van der Waals surface area contributed by atoms with E-state index in [4.69, 9.17) is 4.74 Å². The second-order valence-electron chi connectivity index (χ2n) is 6.79. The first kappa shape index (κ1) is 15.9. The maximum atomic E-state index is 14.5. The van der Waals surface area contributed by atoms with E-state index in [9.17, 15) is 9.50 Å². The number of ether oxygens (including phenoxy) is 1. The lowest BCUT2D eigenvalue weighted by atomic mass is 9.96. The van der Waals surface area contributed by atoms with Crippen LogP contribution in [-0.4, -0.2) is 31.3 Å². The number of halogens is 1. The van der Waals surface area contributed by atoms with Crippen LogP contribution in [0.4, 0.5) is 15.9 Å². The molecule has 4 rings (SSSR count). The average molecular weight is 345 g/mol.